The molecule has 0 spiro atoms. The van der Waals surface area contributed by atoms with Crippen molar-refractivity contribution in [1.82, 2.24) is 19.4 Å². The molecule has 0 N–H and O–H groups in total. The van der Waals surface area contributed by atoms with E-state index in [0.717, 1.165) is 61.7 Å². The fraction of sp³-hybridized carbons (Fsp3) is 0.242. The van der Waals surface area contributed by atoms with Gasteiger partial charge in [-0.1, -0.05) is 78.9 Å². The van der Waals surface area contributed by atoms with Crippen molar-refractivity contribution in [1.29, 1.82) is 0 Å². The van der Waals surface area contributed by atoms with Crippen LogP contribution in [0.2, 0.25) is 0 Å². The lowest BCUT2D eigenvalue weighted by molar-refractivity contribution is 0.105. The Labute approximate surface area is 224 Å². The fourth-order valence-electron chi connectivity index (χ4n) is 5.73. The van der Waals surface area contributed by atoms with Gasteiger partial charge in [-0.25, -0.2) is 9.37 Å². The molecular weight excluding hydrogens is 471 g/mol. The van der Waals surface area contributed by atoms with E-state index in [-0.39, 0.29) is 11.9 Å². The molecule has 0 aliphatic carbocycles. The summed E-state index contributed by atoms with van der Waals surface area (Å²) < 4.78 is 16.0. The highest BCUT2D eigenvalue weighted by Gasteiger charge is 2.26. The van der Waals surface area contributed by atoms with Gasteiger partial charge in [0.15, 0.2) is 0 Å². The number of imidazole rings is 1. The van der Waals surface area contributed by atoms with Crippen molar-refractivity contribution in [3.63, 3.8) is 0 Å². The molecule has 1 aliphatic rings. The molecule has 0 saturated carbocycles. The third-order valence-electron chi connectivity index (χ3n) is 7.64. The molecule has 1 fully saturated rings. The fourth-order valence-corrected chi connectivity index (χ4v) is 5.73. The molecule has 4 aromatic carbocycles. The second-order valence-electron chi connectivity index (χ2n) is 10.0. The van der Waals surface area contributed by atoms with Gasteiger partial charge in [0.2, 0.25) is 0 Å². The predicted molar refractivity (Wildman–Crippen MR) is 152 cm³/mol. The minimum Gasteiger partial charge on any atom is -0.324 e. The van der Waals surface area contributed by atoms with Crippen molar-refractivity contribution >= 4 is 11.0 Å². The predicted octanol–water partition coefficient (Wildman–Crippen LogP) is 6.77. The van der Waals surface area contributed by atoms with Crippen molar-refractivity contribution in [2.45, 2.75) is 26.1 Å². The number of halogens is 1. The molecule has 1 saturated heterocycles. The van der Waals surface area contributed by atoms with Gasteiger partial charge in [-0.2, -0.15) is 0 Å². The smallest absolute Gasteiger partial charge is 0.141 e. The number of fused-ring (bicyclic) bond motifs is 1. The molecule has 0 amide bonds. The van der Waals surface area contributed by atoms with Crippen LogP contribution in [-0.4, -0.2) is 45.5 Å². The van der Waals surface area contributed by atoms with E-state index in [9.17, 15) is 4.39 Å². The summed E-state index contributed by atoms with van der Waals surface area (Å²) in [4.78, 5) is 10.1. The van der Waals surface area contributed by atoms with E-state index >= 15 is 0 Å². The third kappa shape index (κ3) is 5.00. The van der Waals surface area contributed by atoms with E-state index in [1.54, 1.807) is 12.1 Å². The molecule has 2 heterocycles. The van der Waals surface area contributed by atoms with Crippen molar-refractivity contribution in [3.05, 3.63) is 126 Å². The topological polar surface area (TPSA) is 24.3 Å². The van der Waals surface area contributed by atoms with Gasteiger partial charge in [0, 0.05) is 44.8 Å². The second-order valence-corrected chi connectivity index (χ2v) is 10.0. The summed E-state index contributed by atoms with van der Waals surface area (Å²) in [6.07, 6.45) is 0. The first kappa shape index (κ1) is 24.5. The van der Waals surface area contributed by atoms with Crippen LogP contribution in [0.25, 0.3) is 22.4 Å². The number of hydrogen-bond acceptors (Lipinski definition) is 3. The number of aryl methyl sites for hydroxylation is 1. The van der Waals surface area contributed by atoms with Gasteiger partial charge in [-0.3, -0.25) is 9.80 Å². The van der Waals surface area contributed by atoms with Crippen LogP contribution >= 0.6 is 0 Å². The summed E-state index contributed by atoms with van der Waals surface area (Å²) in [6.45, 7) is 7.87. The lowest BCUT2D eigenvalue weighted by Gasteiger charge is -2.39. The van der Waals surface area contributed by atoms with E-state index in [2.05, 4.69) is 88.0 Å². The average Bonchev–Trinajstić information content (AvgIpc) is 3.34. The number of piperazine rings is 1. The summed E-state index contributed by atoms with van der Waals surface area (Å²) >= 11 is 0. The van der Waals surface area contributed by atoms with E-state index in [0.29, 0.717) is 0 Å². The van der Waals surface area contributed by atoms with Crippen molar-refractivity contribution in [2.24, 2.45) is 0 Å². The minimum absolute atomic E-state index is 0.129. The van der Waals surface area contributed by atoms with Crippen LogP contribution in [0, 0.1) is 5.82 Å². The van der Waals surface area contributed by atoms with Crippen molar-refractivity contribution < 1.29 is 4.39 Å². The highest BCUT2D eigenvalue weighted by Crippen LogP contribution is 2.30. The van der Waals surface area contributed by atoms with Crippen molar-refractivity contribution in [2.75, 3.05) is 26.2 Å². The first-order valence-corrected chi connectivity index (χ1v) is 13.5. The lowest BCUT2D eigenvalue weighted by Crippen LogP contribution is -2.47. The first-order valence-electron chi connectivity index (χ1n) is 13.5. The number of benzene rings is 4. The molecular formula is C33H33FN4. The zero-order valence-corrected chi connectivity index (χ0v) is 21.8. The Hall–Kier alpha value is -3.80. The molecule has 0 radical (unpaired) electrons. The lowest BCUT2D eigenvalue weighted by atomic mass is 9.96. The number of rotatable bonds is 7. The second kappa shape index (κ2) is 10.9. The van der Waals surface area contributed by atoms with Crippen LogP contribution in [0.5, 0.6) is 0 Å². The largest absolute Gasteiger partial charge is 0.324 e. The van der Waals surface area contributed by atoms with Crippen LogP contribution in [-0.2, 0) is 13.1 Å². The summed E-state index contributed by atoms with van der Waals surface area (Å²) in [5.41, 5.74) is 7.07. The SMILES string of the molecule is CCn1c(-c2ccccc2)nc2cc(CN3CCN(C(c4ccccc4)c4ccc(F)cc4)CC3)ccc21. The summed E-state index contributed by atoms with van der Waals surface area (Å²) in [7, 11) is 0. The molecule has 6 rings (SSSR count). The summed E-state index contributed by atoms with van der Waals surface area (Å²) in [5, 5.41) is 0. The molecule has 4 nitrogen and oxygen atoms in total. The Morgan fingerprint density at radius 2 is 1.42 bits per heavy atom. The highest BCUT2D eigenvalue weighted by molar-refractivity contribution is 5.81. The van der Waals surface area contributed by atoms with Gasteiger partial charge in [0.25, 0.3) is 0 Å². The maximum Gasteiger partial charge on any atom is 0.141 e. The van der Waals surface area contributed by atoms with Crippen LogP contribution < -0.4 is 0 Å². The Bertz CT molecular complexity index is 1490. The number of aromatic nitrogens is 2. The van der Waals surface area contributed by atoms with Gasteiger partial charge in [-0.15, -0.1) is 0 Å². The molecule has 5 heteroatoms. The summed E-state index contributed by atoms with van der Waals surface area (Å²) in [6, 6.07) is 34.9. The summed E-state index contributed by atoms with van der Waals surface area (Å²) in [5.74, 6) is 0.837. The molecule has 1 aliphatic heterocycles. The van der Waals surface area contributed by atoms with E-state index in [4.69, 9.17) is 4.98 Å². The Balaban J connectivity index is 1.18. The van der Waals surface area contributed by atoms with Crippen LogP contribution in [0.1, 0.15) is 29.7 Å². The zero-order chi connectivity index (χ0) is 25.9. The quantitative estimate of drug-likeness (QED) is 0.244. The molecule has 192 valence electrons. The monoisotopic (exact) mass is 504 g/mol. The molecule has 5 aromatic rings. The van der Waals surface area contributed by atoms with Gasteiger partial charge < -0.3 is 4.57 Å². The highest BCUT2D eigenvalue weighted by atomic mass is 19.1. The first-order chi connectivity index (χ1) is 18.7. The Kier molecular flexibility index (Phi) is 7.04. The Morgan fingerprint density at radius 3 is 2.11 bits per heavy atom. The molecule has 0 bridgehead atoms. The van der Waals surface area contributed by atoms with E-state index in [1.807, 2.05) is 24.3 Å². The number of nitrogens with zero attached hydrogens (tertiary/aromatic N) is 4. The van der Waals surface area contributed by atoms with Crippen LogP contribution in [0.15, 0.2) is 103 Å². The van der Waals surface area contributed by atoms with Gasteiger partial charge in [0.05, 0.1) is 17.1 Å². The van der Waals surface area contributed by atoms with Crippen LogP contribution in [0.3, 0.4) is 0 Å². The molecule has 1 atom stereocenters. The van der Waals surface area contributed by atoms with Gasteiger partial charge in [0.1, 0.15) is 11.6 Å². The normalized spacial score (nSPS) is 15.6. The van der Waals surface area contributed by atoms with E-state index in [1.165, 1.54) is 16.6 Å². The Morgan fingerprint density at radius 1 is 0.763 bits per heavy atom. The minimum atomic E-state index is -0.193. The maximum atomic E-state index is 13.7. The van der Waals surface area contributed by atoms with Crippen LogP contribution in [0.4, 0.5) is 4.39 Å². The average molecular weight is 505 g/mol. The van der Waals surface area contributed by atoms with Crippen molar-refractivity contribution in [3.8, 4) is 11.4 Å². The molecule has 1 aromatic heterocycles. The standard InChI is InChI=1S/C33H33FN4/c1-2-38-31-18-13-25(23-30(31)35-33(38)28-11-7-4-8-12-28)24-36-19-21-37(22-20-36)32(26-9-5-3-6-10-26)27-14-16-29(34)17-15-27/h3-18,23,32H,2,19-22,24H2,1H3. The third-order valence-corrected chi connectivity index (χ3v) is 7.64. The van der Waals surface area contributed by atoms with E-state index < -0.39 is 0 Å². The molecule has 1 unspecified atom stereocenters. The van der Waals surface area contributed by atoms with Gasteiger partial charge >= 0.3 is 0 Å². The zero-order valence-electron chi connectivity index (χ0n) is 21.8. The maximum absolute atomic E-state index is 13.7. The number of hydrogen-bond donors (Lipinski definition) is 0. The molecule has 38 heavy (non-hydrogen) atoms. The van der Waals surface area contributed by atoms with Gasteiger partial charge in [-0.05, 0) is 47.9 Å².